The molecule has 0 atom stereocenters. The number of alkyl halides is 3. The van der Waals surface area contributed by atoms with Gasteiger partial charge >= 0.3 is 6.18 Å². The Morgan fingerprint density at radius 2 is 1.83 bits per heavy atom. The number of nitrogens with zero attached hydrogens (tertiary/aromatic N) is 4. The summed E-state index contributed by atoms with van der Waals surface area (Å²) in [7, 11) is 1.87. The van der Waals surface area contributed by atoms with Gasteiger partial charge in [0.15, 0.2) is 0 Å². The molecule has 0 radical (unpaired) electrons. The largest absolute Gasteiger partial charge is 0.389 e. The lowest BCUT2D eigenvalue weighted by atomic mass is 9.78. The van der Waals surface area contributed by atoms with Crippen LogP contribution in [0.15, 0.2) is 24.5 Å². The zero-order valence-electron chi connectivity index (χ0n) is 20.7. The number of halogens is 3. The van der Waals surface area contributed by atoms with Crippen molar-refractivity contribution in [1.82, 2.24) is 19.7 Å². The summed E-state index contributed by atoms with van der Waals surface area (Å²) in [5, 5.41) is 4.14. The molecule has 0 spiro atoms. The Kier molecular flexibility index (Phi) is 8.63. The quantitative estimate of drug-likeness (QED) is 0.490. The number of fused-ring (bicyclic) bond motifs is 1. The second kappa shape index (κ2) is 11.7. The van der Waals surface area contributed by atoms with Crippen LogP contribution >= 0.6 is 0 Å². The van der Waals surface area contributed by atoms with E-state index in [4.69, 9.17) is 0 Å². The van der Waals surface area contributed by atoms with Gasteiger partial charge in [0.25, 0.3) is 0 Å². The number of carbonyl (C=O) groups is 1. The molecule has 2 aromatic heterocycles. The Bertz CT molecular complexity index is 979. The minimum Gasteiger partial charge on any atom is -0.303 e. The van der Waals surface area contributed by atoms with Gasteiger partial charge in [0.1, 0.15) is 5.78 Å². The Morgan fingerprint density at radius 1 is 1.09 bits per heavy atom. The molecule has 1 fully saturated rings. The molecular formula is C27H37F3N4O. The van der Waals surface area contributed by atoms with E-state index in [2.05, 4.69) is 15.0 Å². The zero-order chi connectivity index (χ0) is 24.8. The van der Waals surface area contributed by atoms with Crippen LogP contribution in [0.25, 0.3) is 0 Å². The van der Waals surface area contributed by atoms with E-state index < -0.39 is 12.6 Å². The predicted octanol–water partition coefficient (Wildman–Crippen LogP) is 5.11. The molecule has 0 aromatic carbocycles. The van der Waals surface area contributed by atoms with Crippen molar-refractivity contribution in [2.24, 2.45) is 18.9 Å². The van der Waals surface area contributed by atoms with Crippen molar-refractivity contribution in [3.63, 3.8) is 0 Å². The number of hydrogen-bond donors (Lipinski definition) is 0. The normalized spacial score (nSPS) is 21.5. The molecule has 0 N–H and O–H groups in total. The van der Waals surface area contributed by atoms with Crippen LogP contribution in [-0.4, -0.2) is 51.3 Å². The van der Waals surface area contributed by atoms with Crippen molar-refractivity contribution >= 4 is 5.78 Å². The summed E-state index contributed by atoms with van der Waals surface area (Å²) in [5.74, 6) is 1.55. The fourth-order valence-corrected chi connectivity index (χ4v) is 5.58. The van der Waals surface area contributed by atoms with Crippen LogP contribution in [-0.2, 0) is 37.5 Å². The minimum atomic E-state index is -4.14. The number of rotatable bonds is 9. The molecular weight excluding hydrogens is 453 g/mol. The van der Waals surface area contributed by atoms with Crippen LogP contribution in [0.2, 0.25) is 0 Å². The smallest absolute Gasteiger partial charge is 0.303 e. The molecule has 0 bridgehead atoms. The Labute approximate surface area is 206 Å². The first-order valence-electron chi connectivity index (χ1n) is 13.0. The lowest BCUT2D eigenvalue weighted by Crippen LogP contribution is -2.29. The highest BCUT2D eigenvalue weighted by molar-refractivity contribution is 5.80. The average Bonchev–Trinajstić information content (AvgIpc) is 3.10. The highest BCUT2D eigenvalue weighted by Gasteiger charge is 2.27. The van der Waals surface area contributed by atoms with E-state index in [1.807, 2.05) is 19.3 Å². The third-order valence-corrected chi connectivity index (χ3v) is 7.65. The molecule has 2 aromatic rings. The van der Waals surface area contributed by atoms with E-state index in [9.17, 15) is 18.0 Å². The number of aromatic nitrogens is 3. The molecule has 5 nitrogen and oxygen atoms in total. The van der Waals surface area contributed by atoms with Gasteiger partial charge < -0.3 is 4.90 Å². The van der Waals surface area contributed by atoms with Crippen LogP contribution in [0.4, 0.5) is 13.2 Å². The molecule has 35 heavy (non-hydrogen) atoms. The van der Waals surface area contributed by atoms with Gasteiger partial charge in [0.2, 0.25) is 0 Å². The van der Waals surface area contributed by atoms with Gasteiger partial charge in [-0.25, -0.2) is 0 Å². The Morgan fingerprint density at radius 3 is 2.54 bits per heavy atom. The maximum atomic E-state index is 12.5. The van der Waals surface area contributed by atoms with E-state index in [1.54, 1.807) is 16.9 Å². The molecule has 0 saturated heterocycles. The van der Waals surface area contributed by atoms with Crippen molar-refractivity contribution in [2.45, 2.75) is 76.8 Å². The first-order chi connectivity index (χ1) is 16.7. The summed E-state index contributed by atoms with van der Waals surface area (Å²) in [6.45, 7) is 2.96. The summed E-state index contributed by atoms with van der Waals surface area (Å²) in [5.41, 5.74) is 3.70. The molecule has 0 amide bonds. The van der Waals surface area contributed by atoms with E-state index in [-0.39, 0.29) is 6.42 Å². The van der Waals surface area contributed by atoms with Crippen molar-refractivity contribution in [3.05, 3.63) is 47.0 Å². The number of aryl methyl sites for hydroxylation is 2. The topological polar surface area (TPSA) is 51.0 Å². The van der Waals surface area contributed by atoms with Crippen LogP contribution in [0.5, 0.6) is 0 Å². The standard InChI is InChI=1S/C27H37F3N4O/c1-33-19-22(18-31-33)17-25(35)16-21-4-2-20(3-5-21)9-13-34-14-10-23-6-7-24(8-12-27(28,29)30)32-26(23)11-15-34/h6-7,18-21H,2-5,8-17H2,1H3. The Hall–Kier alpha value is -2.22. The summed E-state index contributed by atoms with van der Waals surface area (Å²) >= 11 is 0. The maximum absolute atomic E-state index is 12.5. The fraction of sp³-hybridized carbons (Fsp3) is 0.667. The van der Waals surface area contributed by atoms with Crippen molar-refractivity contribution in [3.8, 4) is 0 Å². The van der Waals surface area contributed by atoms with Crippen molar-refractivity contribution in [1.29, 1.82) is 0 Å². The van der Waals surface area contributed by atoms with Gasteiger partial charge in [-0.2, -0.15) is 18.3 Å². The van der Waals surface area contributed by atoms with Crippen LogP contribution < -0.4 is 0 Å². The molecule has 1 aliphatic carbocycles. The first kappa shape index (κ1) is 25.9. The molecule has 0 unspecified atom stereocenters. The molecule has 8 heteroatoms. The summed E-state index contributed by atoms with van der Waals surface area (Å²) < 4.78 is 39.4. The number of Topliss-reactive ketones (excluding diaryl/α,β-unsaturated/α-hetero) is 1. The SMILES string of the molecule is Cn1cc(CC(=O)CC2CCC(CCN3CCc4ccc(CCC(F)(F)F)nc4CC3)CC2)cn1. The van der Waals surface area contributed by atoms with E-state index >= 15 is 0 Å². The average molecular weight is 491 g/mol. The van der Waals surface area contributed by atoms with E-state index in [0.29, 0.717) is 30.2 Å². The Balaban J connectivity index is 1.16. The van der Waals surface area contributed by atoms with E-state index in [1.165, 1.54) is 24.8 Å². The van der Waals surface area contributed by atoms with Gasteiger partial charge in [-0.15, -0.1) is 0 Å². The highest BCUT2D eigenvalue weighted by Crippen LogP contribution is 2.33. The maximum Gasteiger partial charge on any atom is 0.389 e. The summed E-state index contributed by atoms with van der Waals surface area (Å²) in [4.78, 5) is 19.5. The number of ketones is 1. The van der Waals surface area contributed by atoms with Gasteiger partial charge in [0, 0.05) is 63.4 Å². The summed E-state index contributed by atoms with van der Waals surface area (Å²) in [6.07, 6.45) is 7.44. The fourth-order valence-electron chi connectivity index (χ4n) is 5.58. The number of hydrogen-bond acceptors (Lipinski definition) is 4. The molecule has 1 aliphatic heterocycles. The van der Waals surface area contributed by atoms with Crippen molar-refractivity contribution in [2.75, 3.05) is 19.6 Å². The number of carbonyl (C=O) groups excluding carboxylic acids is 1. The lowest BCUT2D eigenvalue weighted by molar-refractivity contribution is -0.134. The van der Waals surface area contributed by atoms with E-state index in [0.717, 1.165) is 62.5 Å². The highest BCUT2D eigenvalue weighted by atomic mass is 19.4. The van der Waals surface area contributed by atoms with Crippen LogP contribution in [0.1, 0.15) is 67.5 Å². The zero-order valence-corrected chi connectivity index (χ0v) is 20.7. The minimum absolute atomic E-state index is 0.0434. The lowest BCUT2D eigenvalue weighted by Gasteiger charge is -2.30. The molecule has 192 valence electrons. The van der Waals surface area contributed by atoms with Gasteiger partial charge in [-0.05, 0) is 67.7 Å². The monoisotopic (exact) mass is 490 g/mol. The van der Waals surface area contributed by atoms with Crippen LogP contribution in [0, 0.1) is 11.8 Å². The summed E-state index contributed by atoms with van der Waals surface area (Å²) in [6, 6.07) is 3.74. The molecule has 4 rings (SSSR count). The first-order valence-corrected chi connectivity index (χ1v) is 13.0. The van der Waals surface area contributed by atoms with Gasteiger partial charge in [-0.3, -0.25) is 14.5 Å². The molecule has 3 heterocycles. The predicted molar refractivity (Wildman–Crippen MR) is 129 cm³/mol. The second-order valence-electron chi connectivity index (χ2n) is 10.5. The van der Waals surface area contributed by atoms with Crippen LogP contribution in [0.3, 0.4) is 0 Å². The second-order valence-corrected chi connectivity index (χ2v) is 10.5. The third-order valence-electron chi connectivity index (χ3n) is 7.65. The molecule has 1 saturated carbocycles. The van der Waals surface area contributed by atoms with Gasteiger partial charge in [-0.1, -0.05) is 18.9 Å². The third kappa shape index (κ3) is 8.16. The number of pyridine rings is 1. The van der Waals surface area contributed by atoms with Gasteiger partial charge in [0.05, 0.1) is 6.20 Å². The molecule has 2 aliphatic rings. The van der Waals surface area contributed by atoms with Crippen molar-refractivity contribution < 1.29 is 18.0 Å².